The van der Waals surface area contributed by atoms with Gasteiger partial charge in [0.1, 0.15) is 11.5 Å². The van der Waals surface area contributed by atoms with Crippen molar-refractivity contribution in [1.29, 1.82) is 0 Å². The van der Waals surface area contributed by atoms with E-state index in [9.17, 15) is 14.7 Å². The van der Waals surface area contributed by atoms with E-state index >= 15 is 0 Å². The van der Waals surface area contributed by atoms with E-state index in [1.54, 1.807) is 31.4 Å². The average molecular weight is 497 g/mol. The summed E-state index contributed by atoms with van der Waals surface area (Å²) in [4.78, 5) is 25.5. The van der Waals surface area contributed by atoms with Crippen LogP contribution in [0.1, 0.15) is 45.9 Å². The molecule has 1 fully saturated rings. The number of aryl methyl sites for hydroxylation is 1. The molecule has 1 heterocycles. The van der Waals surface area contributed by atoms with Crippen molar-refractivity contribution in [2.75, 3.05) is 12.4 Å². The number of carbonyl (C=O) groups is 2. The van der Waals surface area contributed by atoms with Crippen LogP contribution in [0, 0.1) is 6.92 Å². The van der Waals surface area contributed by atoms with Gasteiger partial charge in [0.15, 0.2) is 0 Å². The lowest BCUT2D eigenvalue weighted by Gasteiger charge is -2.09. The Kier molecular flexibility index (Phi) is 6.64. The molecule has 37 heavy (non-hydrogen) atoms. The fourth-order valence-electron chi connectivity index (χ4n) is 4.09. The quantitative estimate of drug-likeness (QED) is 0.315. The van der Waals surface area contributed by atoms with E-state index in [1.165, 1.54) is 10.7 Å². The Balaban J connectivity index is 1.32. The summed E-state index contributed by atoms with van der Waals surface area (Å²) in [5.41, 5.74) is 4.80. The van der Waals surface area contributed by atoms with Crippen LogP contribution < -0.4 is 15.4 Å². The molecule has 8 nitrogen and oxygen atoms in total. The summed E-state index contributed by atoms with van der Waals surface area (Å²) < 4.78 is 6.57. The number of aromatic nitrogens is 2. The monoisotopic (exact) mass is 496 g/mol. The molecule has 1 saturated carbocycles. The van der Waals surface area contributed by atoms with Gasteiger partial charge in [0.05, 0.1) is 18.5 Å². The van der Waals surface area contributed by atoms with Gasteiger partial charge in [-0.15, -0.1) is 0 Å². The predicted octanol–water partition coefficient (Wildman–Crippen LogP) is 5.46. The maximum Gasteiger partial charge on any atom is 0.342 e. The van der Waals surface area contributed by atoms with Crippen LogP contribution in [0.15, 0.2) is 72.8 Å². The van der Waals surface area contributed by atoms with E-state index in [4.69, 9.17) is 4.74 Å². The molecule has 188 valence electrons. The number of nitrogens with one attached hydrogen (secondary N) is 2. The molecule has 0 bridgehead atoms. The Morgan fingerprint density at radius 1 is 1.03 bits per heavy atom. The van der Waals surface area contributed by atoms with Crippen molar-refractivity contribution in [2.24, 2.45) is 0 Å². The summed E-state index contributed by atoms with van der Waals surface area (Å²) in [6.07, 6.45) is 1.99. The molecule has 8 heteroatoms. The van der Waals surface area contributed by atoms with Gasteiger partial charge in [-0.05, 0) is 67.8 Å². The first kappa shape index (κ1) is 24.1. The number of methoxy groups -OCH3 is 1. The van der Waals surface area contributed by atoms with Crippen LogP contribution in [0.4, 0.5) is 10.5 Å². The molecule has 1 aromatic heterocycles. The van der Waals surface area contributed by atoms with Crippen LogP contribution in [0.25, 0.3) is 11.3 Å². The third-order valence-electron chi connectivity index (χ3n) is 6.37. The maximum absolute atomic E-state index is 13.0. The molecule has 4 aromatic rings. The number of phenols is 1. The molecule has 0 saturated heterocycles. The van der Waals surface area contributed by atoms with Gasteiger partial charge in [-0.25, -0.2) is 4.79 Å². The normalized spacial score (nSPS) is 12.7. The van der Waals surface area contributed by atoms with Crippen molar-refractivity contribution in [2.45, 2.75) is 32.2 Å². The highest BCUT2D eigenvalue weighted by Crippen LogP contribution is 2.42. The van der Waals surface area contributed by atoms with Gasteiger partial charge in [0.25, 0.3) is 5.91 Å². The Hall–Kier alpha value is -4.59. The highest BCUT2D eigenvalue weighted by molar-refractivity contribution is 6.04. The number of carbonyl (C=O) groups excluding carboxylic acids is 2. The fourth-order valence-corrected chi connectivity index (χ4v) is 4.09. The summed E-state index contributed by atoms with van der Waals surface area (Å²) in [5, 5.41) is 21.0. The van der Waals surface area contributed by atoms with Crippen molar-refractivity contribution in [3.63, 3.8) is 0 Å². The summed E-state index contributed by atoms with van der Waals surface area (Å²) >= 11 is 0. The molecule has 1 aliphatic carbocycles. The van der Waals surface area contributed by atoms with E-state index < -0.39 is 0 Å². The van der Waals surface area contributed by atoms with Gasteiger partial charge in [0.2, 0.25) is 0 Å². The van der Waals surface area contributed by atoms with Gasteiger partial charge in [-0.3, -0.25) is 4.79 Å². The standard InChI is InChI=1S/C29H28N4O4/c1-18-3-7-21(8-4-18)28(35)31-22-11-14-24(27(34)15-22)25-16-26(20-9-10-20)33(32-25)29(36)30-17-19-5-12-23(37-2)13-6-19/h3-8,11-16,20,34H,9-10,17H2,1-2H3,(H,30,36)(H,31,35). The van der Waals surface area contributed by atoms with Crippen molar-refractivity contribution in [3.05, 3.63) is 95.2 Å². The highest BCUT2D eigenvalue weighted by Gasteiger charge is 2.30. The average Bonchev–Trinajstić information content (AvgIpc) is 3.66. The van der Waals surface area contributed by atoms with E-state index in [-0.39, 0.29) is 23.6 Å². The molecule has 3 N–H and O–H groups in total. The Bertz CT molecular complexity index is 1440. The molecular weight excluding hydrogens is 468 g/mol. The summed E-state index contributed by atoms with van der Waals surface area (Å²) in [6, 6.07) is 21.1. The second-order valence-corrected chi connectivity index (χ2v) is 9.20. The lowest BCUT2D eigenvalue weighted by Crippen LogP contribution is -2.30. The van der Waals surface area contributed by atoms with Crippen LogP contribution in [0.2, 0.25) is 0 Å². The minimum atomic E-state index is -0.328. The summed E-state index contributed by atoms with van der Waals surface area (Å²) in [6.45, 7) is 2.31. The van der Waals surface area contributed by atoms with Crippen LogP contribution in [0.3, 0.4) is 0 Å². The van der Waals surface area contributed by atoms with E-state index in [2.05, 4.69) is 15.7 Å². The molecule has 3 aromatic carbocycles. The highest BCUT2D eigenvalue weighted by atomic mass is 16.5. The number of hydrogen-bond acceptors (Lipinski definition) is 5. The van der Waals surface area contributed by atoms with Crippen molar-refractivity contribution < 1.29 is 19.4 Å². The number of phenolic OH excluding ortho intramolecular Hbond substituents is 1. The third kappa shape index (κ3) is 5.48. The zero-order valence-corrected chi connectivity index (χ0v) is 20.7. The minimum absolute atomic E-state index is 0.0349. The zero-order valence-electron chi connectivity index (χ0n) is 20.7. The second kappa shape index (κ2) is 10.2. The maximum atomic E-state index is 13.0. The first-order chi connectivity index (χ1) is 17.9. The van der Waals surface area contributed by atoms with Gasteiger partial charge >= 0.3 is 6.03 Å². The molecule has 0 spiro atoms. The number of amides is 2. The van der Waals surface area contributed by atoms with Gasteiger partial charge < -0.3 is 20.5 Å². The van der Waals surface area contributed by atoms with Crippen molar-refractivity contribution >= 4 is 17.6 Å². The van der Waals surface area contributed by atoms with E-state index in [0.29, 0.717) is 29.1 Å². The zero-order chi connectivity index (χ0) is 25.9. The lowest BCUT2D eigenvalue weighted by molar-refractivity contribution is 0.102. The van der Waals surface area contributed by atoms with Crippen LogP contribution >= 0.6 is 0 Å². The number of aromatic hydroxyl groups is 1. The molecule has 1 aliphatic rings. The number of anilines is 1. The van der Waals surface area contributed by atoms with Crippen molar-refractivity contribution in [1.82, 2.24) is 15.1 Å². The lowest BCUT2D eigenvalue weighted by atomic mass is 10.1. The molecule has 5 rings (SSSR count). The molecular formula is C29H28N4O4. The number of benzene rings is 3. The Morgan fingerprint density at radius 3 is 2.41 bits per heavy atom. The fraction of sp³-hybridized carbons (Fsp3) is 0.207. The molecule has 0 atom stereocenters. The van der Waals surface area contributed by atoms with Crippen LogP contribution in [-0.4, -0.2) is 33.9 Å². The Labute approximate surface area is 214 Å². The van der Waals surface area contributed by atoms with Gasteiger partial charge in [-0.2, -0.15) is 9.78 Å². The first-order valence-electron chi connectivity index (χ1n) is 12.1. The second-order valence-electron chi connectivity index (χ2n) is 9.20. The predicted molar refractivity (Wildman–Crippen MR) is 141 cm³/mol. The molecule has 0 unspecified atom stereocenters. The van der Waals surface area contributed by atoms with Crippen molar-refractivity contribution in [3.8, 4) is 22.8 Å². The van der Waals surface area contributed by atoms with E-state index in [0.717, 1.165) is 35.4 Å². The van der Waals surface area contributed by atoms with Crippen LogP contribution in [0.5, 0.6) is 11.5 Å². The smallest absolute Gasteiger partial charge is 0.342 e. The molecule has 2 amide bonds. The minimum Gasteiger partial charge on any atom is -0.507 e. The third-order valence-corrected chi connectivity index (χ3v) is 6.37. The topological polar surface area (TPSA) is 105 Å². The van der Waals surface area contributed by atoms with Gasteiger partial charge in [0, 0.05) is 35.3 Å². The molecule has 0 aliphatic heterocycles. The number of hydrogen-bond donors (Lipinski definition) is 3. The van der Waals surface area contributed by atoms with E-state index in [1.807, 2.05) is 49.4 Å². The Morgan fingerprint density at radius 2 is 1.76 bits per heavy atom. The molecule has 0 radical (unpaired) electrons. The number of nitrogens with zero attached hydrogens (tertiary/aromatic N) is 2. The summed E-state index contributed by atoms with van der Waals surface area (Å²) in [7, 11) is 1.61. The first-order valence-corrected chi connectivity index (χ1v) is 12.1. The summed E-state index contributed by atoms with van der Waals surface area (Å²) in [5.74, 6) is 0.722. The largest absolute Gasteiger partial charge is 0.507 e. The van der Waals surface area contributed by atoms with Crippen LogP contribution in [-0.2, 0) is 6.54 Å². The number of ether oxygens (including phenoxy) is 1. The van der Waals surface area contributed by atoms with Gasteiger partial charge in [-0.1, -0.05) is 29.8 Å². The SMILES string of the molecule is COc1ccc(CNC(=O)n2nc(-c3ccc(NC(=O)c4ccc(C)cc4)cc3O)cc2C2CC2)cc1. The number of rotatable bonds is 7.